The lowest BCUT2D eigenvalue weighted by atomic mass is 10.1. The van der Waals surface area contributed by atoms with E-state index in [1.807, 2.05) is 19.1 Å². The topological polar surface area (TPSA) is 58.5 Å². The molecule has 0 fully saturated rings. The second-order valence-corrected chi connectivity index (χ2v) is 7.31. The van der Waals surface area contributed by atoms with Crippen LogP contribution in [0.4, 0.5) is 0 Å². The summed E-state index contributed by atoms with van der Waals surface area (Å²) in [6, 6.07) is 8.31. The molecule has 26 heavy (non-hydrogen) atoms. The summed E-state index contributed by atoms with van der Waals surface area (Å²) in [6.07, 6.45) is 0.907. The Labute approximate surface area is 160 Å². The smallest absolute Gasteiger partial charge is 0.191 e. The standard InChI is InChI=1S/C20H30N4OS/c1-5-21-20(22-12-11-19-24-15(3)16(4)26-19)23-13-17-9-7-8-10-18(17)14-25-6-2/h7-10H,5-6,11-14H2,1-4H3,(H2,21,22,23). The summed E-state index contributed by atoms with van der Waals surface area (Å²) >= 11 is 1.77. The molecule has 1 aromatic heterocycles. The minimum atomic E-state index is 0.633. The van der Waals surface area contributed by atoms with Crippen molar-refractivity contribution in [3.8, 4) is 0 Å². The van der Waals surface area contributed by atoms with Crippen LogP contribution in [-0.4, -0.2) is 30.6 Å². The number of hydrogen-bond donors (Lipinski definition) is 2. The Morgan fingerprint density at radius 1 is 1.15 bits per heavy atom. The van der Waals surface area contributed by atoms with Gasteiger partial charge in [0, 0.05) is 31.0 Å². The normalized spacial score (nSPS) is 11.6. The SMILES string of the molecule is CCNC(=NCc1ccccc1COCC)NCCc1nc(C)c(C)s1. The van der Waals surface area contributed by atoms with E-state index in [-0.39, 0.29) is 0 Å². The van der Waals surface area contributed by atoms with Crippen LogP contribution >= 0.6 is 11.3 Å². The van der Waals surface area contributed by atoms with E-state index in [0.29, 0.717) is 13.2 Å². The molecular formula is C20H30N4OS. The highest BCUT2D eigenvalue weighted by atomic mass is 32.1. The number of aliphatic imine (C=N–C) groups is 1. The number of aryl methyl sites for hydroxylation is 2. The van der Waals surface area contributed by atoms with Crippen LogP contribution in [0, 0.1) is 13.8 Å². The Morgan fingerprint density at radius 3 is 2.58 bits per heavy atom. The number of thiazole rings is 1. The first-order chi connectivity index (χ1) is 12.6. The molecule has 0 aliphatic carbocycles. The summed E-state index contributed by atoms with van der Waals surface area (Å²) in [5.41, 5.74) is 3.53. The van der Waals surface area contributed by atoms with E-state index in [9.17, 15) is 0 Å². The average molecular weight is 375 g/mol. The van der Waals surface area contributed by atoms with Gasteiger partial charge in [0.05, 0.1) is 23.9 Å². The Morgan fingerprint density at radius 2 is 1.92 bits per heavy atom. The van der Waals surface area contributed by atoms with Gasteiger partial charge in [-0.1, -0.05) is 24.3 Å². The largest absolute Gasteiger partial charge is 0.377 e. The molecule has 0 atom stereocenters. The van der Waals surface area contributed by atoms with E-state index >= 15 is 0 Å². The lowest BCUT2D eigenvalue weighted by Crippen LogP contribution is -2.38. The van der Waals surface area contributed by atoms with Crippen molar-refractivity contribution in [1.82, 2.24) is 15.6 Å². The van der Waals surface area contributed by atoms with E-state index < -0.39 is 0 Å². The number of hydrogen-bond acceptors (Lipinski definition) is 4. The van der Waals surface area contributed by atoms with Crippen molar-refractivity contribution < 1.29 is 4.74 Å². The van der Waals surface area contributed by atoms with Crippen molar-refractivity contribution in [2.24, 2.45) is 4.99 Å². The molecule has 0 saturated carbocycles. The van der Waals surface area contributed by atoms with Crippen LogP contribution in [0.15, 0.2) is 29.3 Å². The maximum atomic E-state index is 5.55. The molecule has 2 aromatic rings. The monoisotopic (exact) mass is 374 g/mol. The zero-order chi connectivity index (χ0) is 18.8. The second-order valence-electron chi connectivity index (χ2n) is 6.03. The Bertz CT molecular complexity index is 692. The van der Waals surface area contributed by atoms with Crippen LogP contribution in [0.5, 0.6) is 0 Å². The van der Waals surface area contributed by atoms with Crippen LogP contribution < -0.4 is 10.6 Å². The predicted octanol–water partition coefficient (Wildman–Crippen LogP) is 3.59. The van der Waals surface area contributed by atoms with Crippen LogP contribution in [0.3, 0.4) is 0 Å². The van der Waals surface area contributed by atoms with E-state index in [1.54, 1.807) is 11.3 Å². The van der Waals surface area contributed by atoms with E-state index in [1.165, 1.54) is 21.0 Å². The molecule has 5 nitrogen and oxygen atoms in total. The quantitative estimate of drug-likeness (QED) is 0.520. The fourth-order valence-corrected chi connectivity index (χ4v) is 3.44. The van der Waals surface area contributed by atoms with Crippen molar-refractivity contribution in [3.63, 3.8) is 0 Å². The third-order valence-electron chi connectivity index (χ3n) is 4.04. The van der Waals surface area contributed by atoms with E-state index in [0.717, 1.165) is 37.8 Å². The number of ether oxygens (including phenoxy) is 1. The molecule has 0 unspecified atom stereocenters. The molecule has 0 saturated heterocycles. The lowest BCUT2D eigenvalue weighted by molar-refractivity contribution is 0.133. The van der Waals surface area contributed by atoms with Gasteiger partial charge in [-0.2, -0.15) is 0 Å². The van der Waals surface area contributed by atoms with Gasteiger partial charge in [-0.3, -0.25) is 0 Å². The highest BCUT2D eigenvalue weighted by Gasteiger charge is 2.05. The Hall–Kier alpha value is -1.92. The van der Waals surface area contributed by atoms with Crippen LogP contribution in [0.25, 0.3) is 0 Å². The number of aromatic nitrogens is 1. The number of nitrogens with zero attached hydrogens (tertiary/aromatic N) is 2. The van der Waals surface area contributed by atoms with Gasteiger partial charge in [-0.05, 0) is 38.8 Å². The highest BCUT2D eigenvalue weighted by molar-refractivity contribution is 7.11. The summed E-state index contributed by atoms with van der Waals surface area (Å²) in [6.45, 7) is 11.9. The molecule has 142 valence electrons. The van der Waals surface area contributed by atoms with Gasteiger partial charge in [0.2, 0.25) is 0 Å². The summed E-state index contributed by atoms with van der Waals surface area (Å²) < 4.78 is 5.55. The number of guanidine groups is 1. The fraction of sp³-hybridized carbons (Fsp3) is 0.500. The van der Waals surface area contributed by atoms with Gasteiger partial charge in [0.25, 0.3) is 0 Å². The average Bonchev–Trinajstić information content (AvgIpc) is 2.96. The summed E-state index contributed by atoms with van der Waals surface area (Å²) in [5.74, 6) is 0.837. The van der Waals surface area contributed by atoms with E-state index in [4.69, 9.17) is 9.73 Å². The molecule has 0 radical (unpaired) electrons. The predicted molar refractivity (Wildman–Crippen MR) is 110 cm³/mol. The molecular weight excluding hydrogens is 344 g/mol. The van der Waals surface area contributed by atoms with Gasteiger partial charge >= 0.3 is 0 Å². The van der Waals surface area contributed by atoms with Gasteiger partial charge in [-0.15, -0.1) is 11.3 Å². The third kappa shape index (κ3) is 6.42. The van der Waals surface area contributed by atoms with Crippen molar-refractivity contribution in [2.45, 2.75) is 47.3 Å². The molecule has 0 spiro atoms. The van der Waals surface area contributed by atoms with Crippen molar-refractivity contribution in [3.05, 3.63) is 51.0 Å². The molecule has 2 rings (SSSR count). The van der Waals surface area contributed by atoms with Crippen molar-refractivity contribution in [1.29, 1.82) is 0 Å². The molecule has 1 heterocycles. The Balaban J connectivity index is 1.93. The van der Waals surface area contributed by atoms with Crippen LogP contribution in [0.1, 0.15) is 40.6 Å². The molecule has 0 aliphatic heterocycles. The summed E-state index contributed by atoms with van der Waals surface area (Å²) in [5, 5.41) is 7.89. The van der Waals surface area contributed by atoms with Crippen LogP contribution in [0.2, 0.25) is 0 Å². The molecule has 0 amide bonds. The molecule has 0 bridgehead atoms. The fourth-order valence-electron chi connectivity index (χ4n) is 2.50. The zero-order valence-corrected chi connectivity index (χ0v) is 17.1. The van der Waals surface area contributed by atoms with Crippen molar-refractivity contribution >= 4 is 17.3 Å². The van der Waals surface area contributed by atoms with Crippen molar-refractivity contribution in [2.75, 3.05) is 19.7 Å². The minimum Gasteiger partial charge on any atom is -0.377 e. The zero-order valence-electron chi connectivity index (χ0n) is 16.3. The first-order valence-corrected chi connectivity index (χ1v) is 10.0. The first-order valence-electron chi connectivity index (χ1n) is 9.23. The lowest BCUT2D eigenvalue weighted by Gasteiger charge is -2.12. The summed E-state index contributed by atoms with van der Waals surface area (Å²) in [7, 11) is 0. The second kappa shape index (κ2) is 10.9. The Kier molecular flexibility index (Phi) is 8.58. The van der Waals surface area contributed by atoms with Gasteiger partial charge in [0.15, 0.2) is 5.96 Å². The molecule has 0 aliphatic rings. The highest BCUT2D eigenvalue weighted by Crippen LogP contribution is 2.16. The first kappa shape index (κ1) is 20.4. The summed E-state index contributed by atoms with van der Waals surface area (Å²) in [4.78, 5) is 10.6. The minimum absolute atomic E-state index is 0.633. The van der Waals surface area contributed by atoms with Crippen LogP contribution in [-0.2, 0) is 24.3 Å². The van der Waals surface area contributed by atoms with Gasteiger partial charge < -0.3 is 15.4 Å². The number of benzene rings is 1. The maximum Gasteiger partial charge on any atom is 0.191 e. The molecule has 1 aromatic carbocycles. The number of rotatable bonds is 9. The van der Waals surface area contributed by atoms with Gasteiger partial charge in [-0.25, -0.2) is 9.98 Å². The molecule has 6 heteroatoms. The third-order valence-corrected chi connectivity index (χ3v) is 5.17. The van der Waals surface area contributed by atoms with Gasteiger partial charge in [0.1, 0.15) is 0 Å². The molecule has 2 N–H and O–H groups in total. The maximum absolute atomic E-state index is 5.55. The number of nitrogens with one attached hydrogen (secondary N) is 2. The van der Waals surface area contributed by atoms with E-state index in [2.05, 4.69) is 48.5 Å².